The molecule has 0 radical (unpaired) electrons. The van der Waals surface area contributed by atoms with Crippen molar-refractivity contribution in [3.8, 4) is 11.3 Å². The Morgan fingerprint density at radius 3 is 2.61 bits per heavy atom. The van der Waals surface area contributed by atoms with E-state index in [4.69, 9.17) is 0 Å². The molecule has 0 fully saturated rings. The van der Waals surface area contributed by atoms with Crippen molar-refractivity contribution < 1.29 is 8.78 Å². The third-order valence-electron chi connectivity index (χ3n) is 4.09. The van der Waals surface area contributed by atoms with Gasteiger partial charge >= 0.3 is 0 Å². The van der Waals surface area contributed by atoms with E-state index < -0.39 is 11.6 Å². The maximum absolute atomic E-state index is 14.1. The van der Waals surface area contributed by atoms with Crippen LogP contribution < -0.4 is 4.80 Å². The summed E-state index contributed by atoms with van der Waals surface area (Å²) in [6, 6.07) is 15.1. The first kappa shape index (κ1) is 18.1. The summed E-state index contributed by atoms with van der Waals surface area (Å²) in [5.74, 6) is -1.36. The number of aryl methyl sites for hydroxylation is 1. The molecule has 2 aromatic carbocycles. The van der Waals surface area contributed by atoms with Crippen molar-refractivity contribution in [2.45, 2.75) is 6.92 Å². The van der Waals surface area contributed by atoms with Crippen molar-refractivity contribution in [2.75, 3.05) is 0 Å². The van der Waals surface area contributed by atoms with Crippen molar-refractivity contribution >= 4 is 23.2 Å². The molecule has 0 aliphatic rings. The average Bonchev–Trinajstić information content (AvgIpc) is 3.33. The Bertz CT molecular complexity index is 1190. The molecule has 2 aromatic heterocycles. The van der Waals surface area contributed by atoms with Gasteiger partial charge in [0.15, 0.2) is 5.82 Å². The summed E-state index contributed by atoms with van der Waals surface area (Å²) in [4.78, 5) is 7.90. The lowest BCUT2D eigenvalue weighted by atomic mass is 10.1. The van der Waals surface area contributed by atoms with Gasteiger partial charge in [0, 0.05) is 23.2 Å². The van der Waals surface area contributed by atoms with E-state index in [1.165, 1.54) is 23.5 Å². The van der Waals surface area contributed by atoms with Gasteiger partial charge in [-0.05, 0) is 31.2 Å². The molecule has 2 heterocycles. The van der Waals surface area contributed by atoms with Gasteiger partial charge in [0.25, 0.3) is 0 Å². The number of nitrogens with one attached hydrogen (secondary N) is 1. The molecule has 4 aromatic rings. The lowest BCUT2D eigenvalue weighted by Gasteiger charge is -2.04. The second-order valence-corrected chi connectivity index (χ2v) is 7.00. The van der Waals surface area contributed by atoms with E-state index in [0.717, 1.165) is 28.6 Å². The van der Waals surface area contributed by atoms with Crippen LogP contribution in [0.4, 0.5) is 14.5 Å². The Hall–Kier alpha value is -3.32. The summed E-state index contributed by atoms with van der Waals surface area (Å²) >= 11 is 1.33. The van der Waals surface area contributed by atoms with Gasteiger partial charge in [-0.2, -0.15) is 5.10 Å². The van der Waals surface area contributed by atoms with Crippen molar-refractivity contribution in [1.82, 2.24) is 9.66 Å². The monoisotopic (exact) mass is 394 g/mol. The summed E-state index contributed by atoms with van der Waals surface area (Å²) in [7, 11) is 0. The number of benzene rings is 2. The summed E-state index contributed by atoms with van der Waals surface area (Å²) in [5.41, 5.74) is 3.83. The molecule has 7 heteroatoms. The highest BCUT2D eigenvalue weighted by molar-refractivity contribution is 7.07. The number of thiazole rings is 1. The number of aromatic amines is 1. The van der Waals surface area contributed by atoms with E-state index in [-0.39, 0.29) is 5.69 Å². The fourth-order valence-corrected chi connectivity index (χ4v) is 3.48. The number of hydrogen-bond donors (Lipinski definition) is 1. The number of halogens is 2. The Morgan fingerprint density at radius 2 is 1.89 bits per heavy atom. The fourth-order valence-electron chi connectivity index (χ4n) is 2.63. The Morgan fingerprint density at radius 1 is 1.07 bits per heavy atom. The van der Waals surface area contributed by atoms with E-state index in [0.29, 0.717) is 4.80 Å². The molecule has 0 amide bonds. The minimum Gasteiger partial charge on any atom is -0.360 e. The van der Waals surface area contributed by atoms with E-state index in [1.54, 1.807) is 17.1 Å². The summed E-state index contributed by atoms with van der Waals surface area (Å²) in [5, 5.41) is 6.45. The quantitative estimate of drug-likeness (QED) is 0.460. The molecule has 28 heavy (non-hydrogen) atoms. The van der Waals surface area contributed by atoms with Crippen LogP contribution in [0.1, 0.15) is 11.3 Å². The highest BCUT2D eigenvalue weighted by Crippen LogP contribution is 2.22. The lowest BCUT2D eigenvalue weighted by Crippen LogP contribution is -2.11. The first-order valence-electron chi connectivity index (χ1n) is 8.55. The van der Waals surface area contributed by atoms with Gasteiger partial charge in [-0.3, -0.25) is 0 Å². The maximum Gasteiger partial charge on any atom is 0.211 e. The number of rotatable bonds is 4. The molecular formula is C21H16F2N4S. The van der Waals surface area contributed by atoms with Gasteiger partial charge in [0.1, 0.15) is 11.5 Å². The zero-order chi connectivity index (χ0) is 19.5. The lowest BCUT2D eigenvalue weighted by molar-refractivity contribution is 0.584. The van der Waals surface area contributed by atoms with Gasteiger partial charge in [-0.15, -0.1) is 11.3 Å². The van der Waals surface area contributed by atoms with Crippen LogP contribution in [0.15, 0.2) is 76.3 Å². The van der Waals surface area contributed by atoms with Crippen LogP contribution in [0.5, 0.6) is 0 Å². The van der Waals surface area contributed by atoms with Crippen LogP contribution in [-0.2, 0) is 0 Å². The Kier molecular flexibility index (Phi) is 4.99. The molecule has 0 saturated carbocycles. The zero-order valence-corrected chi connectivity index (χ0v) is 15.8. The number of H-pyrrole nitrogens is 1. The molecule has 0 spiro atoms. The summed E-state index contributed by atoms with van der Waals surface area (Å²) in [6.07, 6.45) is 3.48. The van der Waals surface area contributed by atoms with Crippen molar-refractivity contribution in [3.63, 3.8) is 0 Å². The molecule has 0 aliphatic carbocycles. The van der Waals surface area contributed by atoms with Crippen LogP contribution >= 0.6 is 11.3 Å². The van der Waals surface area contributed by atoms with E-state index >= 15 is 0 Å². The molecule has 4 nitrogen and oxygen atoms in total. The van der Waals surface area contributed by atoms with Crippen molar-refractivity contribution in [1.29, 1.82) is 0 Å². The molecule has 1 N–H and O–H groups in total. The van der Waals surface area contributed by atoms with Gasteiger partial charge in [-0.1, -0.05) is 29.8 Å². The van der Waals surface area contributed by atoms with Crippen LogP contribution in [0, 0.1) is 18.6 Å². The maximum atomic E-state index is 14.1. The Labute approximate surface area is 164 Å². The minimum absolute atomic E-state index is 0.0579. The van der Waals surface area contributed by atoms with Crippen LogP contribution in [0.2, 0.25) is 0 Å². The van der Waals surface area contributed by atoms with E-state index in [1.807, 2.05) is 48.7 Å². The van der Waals surface area contributed by atoms with Crippen molar-refractivity contribution in [2.24, 2.45) is 10.1 Å². The number of hydrogen-bond acceptors (Lipinski definition) is 3. The first-order valence-corrected chi connectivity index (χ1v) is 9.43. The molecule has 0 unspecified atom stereocenters. The standard InChI is InChI=1S/C21H16F2N4S/c1-14-4-6-15(7-5-14)20-13-28-21(26-19-9-8-16(22)11-18(19)23)27(20)25-12-17-3-2-10-24-17/h2-13,24H,1H3. The van der Waals surface area contributed by atoms with Crippen LogP contribution in [-0.4, -0.2) is 15.9 Å². The molecule has 140 valence electrons. The summed E-state index contributed by atoms with van der Waals surface area (Å²) < 4.78 is 28.9. The van der Waals surface area contributed by atoms with E-state index in [9.17, 15) is 8.78 Å². The smallest absolute Gasteiger partial charge is 0.211 e. The fraction of sp³-hybridized carbons (Fsp3) is 0.0476. The highest BCUT2D eigenvalue weighted by Gasteiger charge is 2.09. The predicted octanol–water partition coefficient (Wildman–Crippen LogP) is 5.25. The SMILES string of the molecule is Cc1ccc(-c2csc(=Nc3ccc(F)cc3F)n2N=Cc2ccc[nH]2)cc1. The molecule has 0 bridgehead atoms. The number of aromatic nitrogens is 2. The van der Waals surface area contributed by atoms with Crippen LogP contribution in [0.25, 0.3) is 11.3 Å². The molecule has 0 aliphatic heterocycles. The average molecular weight is 394 g/mol. The molecule has 0 saturated heterocycles. The largest absolute Gasteiger partial charge is 0.360 e. The van der Waals surface area contributed by atoms with Gasteiger partial charge < -0.3 is 4.98 Å². The second-order valence-electron chi connectivity index (χ2n) is 6.16. The highest BCUT2D eigenvalue weighted by atomic mass is 32.1. The van der Waals surface area contributed by atoms with Gasteiger partial charge in [-0.25, -0.2) is 18.4 Å². The topological polar surface area (TPSA) is 45.4 Å². The normalized spacial score (nSPS) is 12.2. The summed E-state index contributed by atoms with van der Waals surface area (Å²) in [6.45, 7) is 2.02. The minimum atomic E-state index is -0.717. The predicted molar refractivity (Wildman–Crippen MR) is 108 cm³/mol. The van der Waals surface area contributed by atoms with Gasteiger partial charge in [0.05, 0.1) is 17.6 Å². The third-order valence-corrected chi connectivity index (χ3v) is 4.91. The van der Waals surface area contributed by atoms with E-state index in [2.05, 4.69) is 15.1 Å². The Balaban J connectivity index is 1.86. The van der Waals surface area contributed by atoms with Gasteiger partial charge in [0.2, 0.25) is 4.80 Å². The van der Waals surface area contributed by atoms with Crippen LogP contribution in [0.3, 0.4) is 0 Å². The van der Waals surface area contributed by atoms with Crippen molar-refractivity contribution in [3.05, 3.63) is 93.9 Å². The first-order chi connectivity index (χ1) is 13.6. The second kappa shape index (κ2) is 7.74. The zero-order valence-electron chi connectivity index (χ0n) is 14.9. The molecule has 0 atom stereocenters. The number of nitrogens with zero attached hydrogens (tertiary/aromatic N) is 3. The third kappa shape index (κ3) is 3.84. The molecular weight excluding hydrogens is 378 g/mol. The molecule has 4 rings (SSSR count).